The van der Waals surface area contributed by atoms with Crippen molar-refractivity contribution in [3.05, 3.63) is 88.4 Å². The second-order valence-corrected chi connectivity index (χ2v) is 13.4. The average Bonchev–Trinajstić information content (AvgIpc) is 2.90. The Kier molecular flexibility index (Phi) is 8.98. The molecule has 0 aliphatic carbocycles. The van der Waals surface area contributed by atoms with Gasteiger partial charge in [-0.2, -0.15) is 0 Å². The minimum Gasteiger partial charge on any atom is -0.458 e. The van der Waals surface area contributed by atoms with Gasteiger partial charge in [-0.15, -0.1) is 0 Å². The molecular formula is C31H34ClN3O6S. The summed E-state index contributed by atoms with van der Waals surface area (Å²) in [6.07, 6.45) is -0.397. The van der Waals surface area contributed by atoms with E-state index in [1.165, 1.54) is 6.07 Å². The van der Waals surface area contributed by atoms with Gasteiger partial charge in [0.25, 0.3) is 10.0 Å². The van der Waals surface area contributed by atoms with Gasteiger partial charge in [0.05, 0.1) is 22.7 Å². The van der Waals surface area contributed by atoms with E-state index in [1.807, 2.05) is 30.3 Å². The lowest BCUT2D eigenvalue weighted by Gasteiger charge is -2.37. The fourth-order valence-corrected chi connectivity index (χ4v) is 6.86. The van der Waals surface area contributed by atoms with Gasteiger partial charge in [-0.3, -0.25) is 13.9 Å². The number of amides is 2. The number of nitrogens with zero attached hydrogens (tertiary/aromatic N) is 1. The van der Waals surface area contributed by atoms with E-state index in [-0.39, 0.29) is 17.0 Å². The lowest BCUT2D eigenvalue weighted by Crippen LogP contribution is -2.54. The van der Waals surface area contributed by atoms with Crippen LogP contribution >= 0.6 is 11.6 Å². The van der Waals surface area contributed by atoms with Crippen molar-refractivity contribution in [3.63, 3.8) is 0 Å². The summed E-state index contributed by atoms with van der Waals surface area (Å²) in [5, 5.41) is 5.81. The van der Waals surface area contributed by atoms with Crippen LogP contribution in [0.2, 0.25) is 5.02 Å². The summed E-state index contributed by atoms with van der Waals surface area (Å²) in [5.74, 6) is -2.01. The zero-order valence-electron chi connectivity index (χ0n) is 24.1. The van der Waals surface area contributed by atoms with E-state index < -0.39 is 51.9 Å². The van der Waals surface area contributed by atoms with Crippen molar-refractivity contribution in [2.24, 2.45) is 0 Å². The highest BCUT2D eigenvalue weighted by Gasteiger charge is 2.43. The molecule has 1 aliphatic heterocycles. The molecule has 0 spiro atoms. The molecule has 2 amide bonds. The smallest absolute Gasteiger partial charge is 0.329 e. The molecule has 222 valence electrons. The van der Waals surface area contributed by atoms with Gasteiger partial charge >= 0.3 is 5.97 Å². The molecule has 2 atom stereocenters. The molecule has 0 saturated heterocycles. The molecule has 2 unspecified atom stereocenters. The maximum atomic E-state index is 14.2. The SMILES string of the molecule is Cc1cc(S(=O)(=O)N2c3ccccc3NC(=O)C2CC(=O)NC(Cc2ccccc2)C(=O)OC(C)(C)C)c(C)cc1Cl. The van der Waals surface area contributed by atoms with E-state index in [1.54, 1.807) is 65.0 Å². The van der Waals surface area contributed by atoms with E-state index in [2.05, 4.69) is 10.6 Å². The number of sulfonamides is 1. The van der Waals surface area contributed by atoms with Gasteiger partial charge in [-0.25, -0.2) is 13.2 Å². The van der Waals surface area contributed by atoms with Crippen LogP contribution in [0.1, 0.15) is 43.9 Å². The highest BCUT2D eigenvalue weighted by Crippen LogP contribution is 2.38. The first kappa shape index (κ1) is 31.1. The van der Waals surface area contributed by atoms with E-state index in [0.29, 0.717) is 21.8 Å². The van der Waals surface area contributed by atoms with Crippen molar-refractivity contribution in [1.29, 1.82) is 0 Å². The van der Waals surface area contributed by atoms with Crippen LogP contribution in [0.4, 0.5) is 11.4 Å². The zero-order chi connectivity index (χ0) is 30.8. The first-order valence-electron chi connectivity index (χ1n) is 13.4. The van der Waals surface area contributed by atoms with Crippen molar-refractivity contribution < 1.29 is 27.5 Å². The summed E-state index contributed by atoms with van der Waals surface area (Å²) in [6, 6.07) is 16.1. The summed E-state index contributed by atoms with van der Waals surface area (Å²) >= 11 is 6.23. The Morgan fingerprint density at radius 3 is 2.33 bits per heavy atom. The third kappa shape index (κ3) is 6.94. The molecule has 3 aromatic carbocycles. The topological polar surface area (TPSA) is 122 Å². The molecule has 42 heavy (non-hydrogen) atoms. The average molecular weight is 612 g/mol. The second-order valence-electron chi connectivity index (χ2n) is 11.2. The molecule has 1 heterocycles. The van der Waals surface area contributed by atoms with Crippen LogP contribution in [0.3, 0.4) is 0 Å². The number of carbonyl (C=O) groups excluding carboxylic acids is 3. The number of nitrogens with one attached hydrogen (secondary N) is 2. The predicted octanol–water partition coefficient (Wildman–Crippen LogP) is 4.93. The lowest BCUT2D eigenvalue weighted by molar-refractivity contribution is -0.158. The number of benzene rings is 3. The van der Waals surface area contributed by atoms with Crippen molar-refractivity contribution >= 4 is 50.8 Å². The molecule has 4 rings (SSSR count). The molecule has 11 heteroatoms. The van der Waals surface area contributed by atoms with Crippen molar-refractivity contribution in [2.75, 3.05) is 9.62 Å². The third-order valence-corrected chi connectivity index (χ3v) is 9.04. The number of hydrogen-bond donors (Lipinski definition) is 2. The molecule has 2 N–H and O–H groups in total. The highest BCUT2D eigenvalue weighted by atomic mass is 35.5. The largest absolute Gasteiger partial charge is 0.458 e. The van der Waals surface area contributed by atoms with Crippen LogP contribution in [-0.2, 0) is 35.6 Å². The number of carbonyl (C=O) groups is 3. The monoisotopic (exact) mass is 611 g/mol. The third-order valence-electron chi connectivity index (χ3n) is 6.67. The van der Waals surface area contributed by atoms with Crippen LogP contribution < -0.4 is 14.9 Å². The summed E-state index contributed by atoms with van der Waals surface area (Å²) in [5.41, 5.74) is 1.44. The van der Waals surface area contributed by atoms with Gasteiger partial charge in [0.1, 0.15) is 17.7 Å². The lowest BCUT2D eigenvalue weighted by atomic mass is 10.0. The molecule has 0 saturated carbocycles. The van der Waals surface area contributed by atoms with Gasteiger partial charge in [-0.1, -0.05) is 54.1 Å². The van der Waals surface area contributed by atoms with E-state index >= 15 is 0 Å². The van der Waals surface area contributed by atoms with Crippen molar-refractivity contribution in [3.8, 4) is 0 Å². The van der Waals surface area contributed by atoms with Crippen molar-refractivity contribution in [1.82, 2.24) is 5.32 Å². The van der Waals surface area contributed by atoms with Crippen LogP contribution in [-0.4, -0.2) is 43.9 Å². The molecule has 0 radical (unpaired) electrons. The maximum Gasteiger partial charge on any atom is 0.329 e. The van der Waals surface area contributed by atoms with E-state index in [4.69, 9.17) is 16.3 Å². The molecular weight excluding hydrogens is 578 g/mol. The minimum absolute atomic E-state index is 0.0324. The fourth-order valence-electron chi connectivity index (χ4n) is 4.72. The Bertz CT molecular complexity index is 1620. The zero-order valence-corrected chi connectivity index (χ0v) is 25.7. The number of aryl methyl sites for hydroxylation is 2. The Labute approximate surface area is 251 Å². The van der Waals surface area contributed by atoms with Crippen LogP contribution in [0.25, 0.3) is 0 Å². The first-order valence-corrected chi connectivity index (χ1v) is 15.3. The van der Waals surface area contributed by atoms with E-state index in [9.17, 15) is 22.8 Å². The second kappa shape index (κ2) is 12.1. The predicted molar refractivity (Wildman–Crippen MR) is 162 cm³/mol. The summed E-state index contributed by atoms with van der Waals surface area (Å²) in [4.78, 5) is 39.9. The quantitative estimate of drug-likeness (QED) is 0.348. The van der Waals surface area contributed by atoms with Crippen LogP contribution in [0, 0.1) is 13.8 Å². The number of fused-ring (bicyclic) bond motifs is 1. The Hall–Kier alpha value is -3.89. The first-order chi connectivity index (χ1) is 19.7. The number of para-hydroxylation sites is 2. The number of anilines is 2. The summed E-state index contributed by atoms with van der Waals surface area (Å²) < 4.78 is 34.9. The Morgan fingerprint density at radius 2 is 1.67 bits per heavy atom. The molecule has 0 aromatic heterocycles. The number of halogens is 1. The standard InChI is InChI=1S/C31H34ClN3O6S/c1-19-16-27(20(2)15-22(19)32)42(39,40)35-25-14-10-9-13-23(25)34-29(37)26(35)18-28(36)33-24(30(38)41-31(3,4)5)17-21-11-7-6-8-12-21/h6-16,24,26H,17-18H2,1-5H3,(H,33,36)(H,34,37). The Balaban J connectivity index is 1.69. The molecule has 9 nitrogen and oxygen atoms in total. The van der Waals surface area contributed by atoms with Crippen molar-refractivity contribution in [2.45, 2.75) is 70.0 Å². The number of rotatable bonds is 8. The normalized spacial score (nSPS) is 15.8. The van der Waals surface area contributed by atoms with Gasteiger partial charge < -0.3 is 15.4 Å². The molecule has 0 bridgehead atoms. The molecule has 0 fully saturated rings. The maximum absolute atomic E-state index is 14.2. The van der Waals surface area contributed by atoms with Gasteiger partial charge in [-0.05, 0) is 75.6 Å². The number of ether oxygens (including phenoxy) is 1. The summed E-state index contributed by atoms with van der Waals surface area (Å²) in [6.45, 7) is 8.47. The molecule has 3 aromatic rings. The minimum atomic E-state index is -4.35. The summed E-state index contributed by atoms with van der Waals surface area (Å²) in [7, 11) is -4.35. The van der Waals surface area contributed by atoms with Gasteiger partial charge in [0.15, 0.2) is 0 Å². The van der Waals surface area contributed by atoms with Crippen LogP contribution in [0.15, 0.2) is 71.6 Å². The number of esters is 1. The van der Waals surface area contributed by atoms with E-state index in [0.717, 1.165) is 9.87 Å². The van der Waals surface area contributed by atoms with Gasteiger partial charge in [0, 0.05) is 11.4 Å². The molecule has 1 aliphatic rings. The van der Waals surface area contributed by atoms with Crippen LogP contribution in [0.5, 0.6) is 0 Å². The fraction of sp³-hybridized carbons (Fsp3) is 0.323. The number of hydrogen-bond acceptors (Lipinski definition) is 6. The van der Waals surface area contributed by atoms with Gasteiger partial charge in [0.2, 0.25) is 11.8 Å². The highest BCUT2D eigenvalue weighted by molar-refractivity contribution is 7.93. The Morgan fingerprint density at radius 1 is 1.02 bits per heavy atom.